The van der Waals surface area contributed by atoms with Crippen LogP contribution in [0.1, 0.15) is 37.7 Å². The molecule has 0 spiro atoms. The molecule has 1 N–H and O–H groups in total. The molecule has 0 atom stereocenters. The smallest absolute Gasteiger partial charge is 0.332 e. The summed E-state index contributed by atoms with van der Waals surface area (Å²) in [5.41, 5.74) is 0.203. The predicted octanol–water partition coefficient (Wildman–Crippen LogP) is 2.37. The molecule has 1 saturated carbocycles. The van der Waals surface area contributed by atoms with Crippen molar-refractivity contribution < 1.29 is 4.39 Å². The highest BCUT2D eigenvalue weighted by molar-refractivity contribution is 5.74. The van der Waals surface area contributed by atoms with Crippen LogP contribution in [0.5, 0.6) is 0 Å². The molecule has 0 radical (unpaired) electrons. The van der Waals surface area contributed by atoms with E-state index in [9.17, 15) is 14.0 Å². The van der Waals surface area contributed by atoms with Crippen LogP contribution >= 0.6 is 0 Å². The first-order chi connectivity index (χ1) is 13.5. The van der Waals surface area contributed by atoms with Crippen LogP contribution < -0.4 is 16.6 Å². The Hall–Kier alpha value is -2.90. The van der Waals surface area contributed by atoms with Crippen molar-refractivity contribution >= 4 is 17.1 Å². The molecule has 0 saturated heterocycles. The van der Waals surface area contributed by atoms with Gasteiger partial charge in [0.1, 0.15) is 5.82 Å². The van der Waals surface area contributed by atoms with Crippen molar-refractivity contribution in [3.05, 3.63) is 56.5 Å². The van der Waals surface area contributed by atoms with E-state index >= 15 is 0 Å². The van der Waals surface area contributed by atoms with Gasteiger partial charge in [-0.25, -0.2) is 9.18 Å². The maximum Gasteiger partial charge on any atom is 0.332 e. The van der Waals surface area contributed by atoms with Gasteiger partial charge in [0.25, 0.3) is 5.56 Å². The minimum absolute atomic E-state index is 0.158. The third kappa shape index (κ3) is 3.12. The summed E-state index contributed by atoms with van der Waals surface area (Å²) in [7, 11) is 3.04. The number of hydrogen-bond donors (Lipinski definition) is 1. The Morgan fingerprint density at radius 2 is 1.82 bits per heavy atom. The molecule has 7 nitrogen and oxygen atoms in total. The number of nitrogens with one attached hydrogen (secondary N) is 1. The van der Waals surface area contributed by atoms with E-state index in [0.717, 1.165) is 30.3 Å². The van der Waals surface area contributed by atoms with E-state index < -0.39 is 11.2 Å². The van der Waals surface area contributed by atoms with Crippen LogP contribution in [0.4, 0.5) is 10.3 Å². The SMILES string of the molecule is Cn1c(=O)c2c(nc(NC3CCCCC3)n2Cc2ccccc2F)n(C)c1=O. The lowest BCUT2D eigenvalue weighted by atomic mass is 9.96. The van der Waals surface area contributed by atoms with Crippen molar-refractivity contribution in [3.8, 4) is 0 Å². The Bertz CT molecular complexity index is 1140. The topological polar surface area (TPSA) is 73.8 Å². The van der Waals surface area contributed by atoms with Gasteiger partial charge in [-0.3, -0.25) is 18.5 Å². The predicted molar refractivity (Wildman–Crippen MR) is 106 cm³/mol. The molecule has 4 rings (SSSR count). The van der Waals surface area contributed by atoms with Gasteiger partial charge < -0.3 is 5.32 Å². The van der Waals surface area contributed by atoms with Gasteiger partial charge in [0.2, 0.25) is 5.95 Å². The van der Waals surface area contributed by atoms with Crippen LogP contribution in [0.15, 0.2) is 33.9 Å². The molecule has 1 fully saturated rings. The summed E-state index contributed by atoms with van der Waals surface area (Å²) < 4.78 is 18.4. The molecule has 0 bridgehead atoms. The zero-order valence-electron chi connectivity index (χ0n) is 16.1. The third-order valence-electron chi connectivity index (χ3n) is 5.57. The van der Waals surface area contributed by atoms with Gasteiger partial charge in [0, 0.05) is 25.7 Å². The molecule has 0 aliphatic heterocycles. The van der Waals surface area contributed by atoms with Crippen molar-refractivity contribution in [2.24, 2.45) is 14.1 Å². The normalized spacial score (nSPS) is 15.2. The second-order valence-corrected chi connectivity index (χ2v) is 7.47. The van der Waals surface area contributed by atoms with Crippen LogP contribution in [0.2, 0.25) is 0 Å². The number of halogens is 1. The number of benzene rings is 1. The number of aromatic nitrogens is 4. The van der Waals surface area contributed by atoms with Gasteiger partial charge in [0.05, 0.1) is 6.54 Å². The zero-order chi connectivity index (χ0) is 19.8. The Morgan fingerprint density at radius 1 is 1.11 bits per heavy atom. The summed E-state index contributed by atoms with van der Waals surface area (Å²) in [6.07, 6.45) is 5.56. The molecular weight excluding hydrogens is 361 g/mol. The van der Waals surface area contributed by atoms with Gasteiger partial charge in [-0.2, -0.15) is 4.98 Å². The van der Waals surface area contributed by atoms with E-state index in [0.29, 0.717) is 22.7 Å². The fraction of sp³-hybridized carbons (Fsp3) is 0.450. The second-order valence-electron chi connectivity index (χ2n) is 7.47. The fourth-order valence-corrected chi connectivity index (χ4v) is 3.94. The van der Waals surface area contributed by atoms with Crippen LogP contribution in [0.25, 0.3) is 11.2 Å². The molecule has 2 heterocycles. The lowest BCUT2D eigenvalue weighted by Crippen LogP contribution is -2.37. The lowest BCUT2D eigenvalue weighted by molar-refractivity contribution is 0.459. The van der Waals surface area contributed by atoms with Gasteiger partial charge in [-0.05, 0) is 18.9 Å². The first kappa shape index (κ1) is 18.5. The molecular formula is C20H24FN5O2. The minimum atomic E-state index is -0.433. The number of imidazole rings is 1. The van der Waals surface area contributed by atoms with Crippen molar-refractivity contribution in [1.82, 2.24) is 18.7 Å². The molecule has 1 aliphatic carbocycles. The number of hydrogen-bond acceptors (Lipinski definition) is 4. The van der Waals surface area contributed by atoms with Gasteiger partial charge in [0.15, 0.2) is 11.2 Å². The zero-order valence-corrected chi connectivity index (χ0v) is 16.1. The fourth-order valence-electron chi connectivity index (χ4n) is 3.94. The molecule has 148 valence electrons. The third-order valence-corrected chi connectivity index (χ3v) is 5.57. The molecule has 0 unspecified atom stereocenters. The monoisotopic (exact) mass is 385 g/mol. The molecule has 1 aromatic carbocycles. The van der Waals surface area contributed by atoms with Gasteiger partial charge in [-0.15, -0.1) is 0 Å². The molecule has 3 aromatic rings. The van der Waals surface area contributed by atoms with Gasteiger partial charge in [-0.1, -0.05) is 37.5 Å². The summed E-state index contributed by atoms with van der Waals surface area (Å²) in [6.45, 7) is 0.158. The summed E-state index contributed by atoms with van der Waals surface area (Å²) in [5, 5.41) is 3.44. The van der Waals surface area contributed by atoms with E-state index in [1.807, 2.05) is 0 Å². The maximum absolute atomic E-state index is 14.3. The highest BCUT2D eigenvalue weighted by atomic mass is 19.1. The van der Waals surface area contributed by atoms with E-state index in [4.69, 9.17) is 0 Å². The standard InChI is InChI=1S/C20H24FN5O2/c1-24-17-16(18(27)25(2)20(24)28)26(12-13-8-6-7-11-15(13)21)19(23-17)22-14-9-4-3-5-10-14/h6-8,11,14H,3-5,9-10,12H2,1-2H3,(H,22,23). The number of fused-ring (bicyclic) bond motifs is 1. The molecule has 0 amide bonds. The van der Waals surface area contributed by atoms with E-state index in [1.165, 1.54) is 24.1 Å². The second kappa shape index (κ2) is 7.26. The first-order valence-corrected chi connectivity index (χ1v) is 9.63. The van der Waals surface area contributed by atoms with Crippen molar-refractivity contribution in [1.29, 1.82) is 0 Å². The van der Waals surface area contributed by atoms with Crippen LogP contribution in [-0.4, -0.2) is 24.7 Å². The Morgan fingerprint density at radius 3 is 2.54 bits per heavy atom. The number of rotatable bonds is 4. The molecule has 2 aromatic heterocycles. The average molecular weight is 385 g/mol. The first-order valence-electron chi connectivity index (χ1n) is 9.63. The highest BCUT2D eigenvalue weighted by Crippen LogP contribution is 2.24. The highest BCUT2D eigenvalue weighted by Gasteiger charge is 2.22. The number of nitrogens with zero attached hydrogens (tertiary/aromatic N) is 4. The maximum atomic E-state index is 14.3. The van der Waals surface area contributed by atoms with Crippen molar-refractivity contribution in [2.45, 2.75) is 44.7 Å². The molecule has 1 aliphatic rings. The average Bonchev–Trinajstić information content (AvgIpc) is 3.05. The Balaban J connectivity index is 1.90. The quantitative estimate of drug-likeness (QED) is 0.748. The van der Waals surface area contributed by atoms with E-state index in [2.05, 4.69) is 10.3 Å². The number of anilines is 1. The molecule has 8 heteroatoms. The summed E-state index contributed by atoms with van der Waals surface area (Å²) in [5.74, 6) is 0.165. The largest absolute Gasteiger partial charge is 0.353 e. The van der Waals surface area contributed by atoms with Crippen molar-refractivity contribution in [2.75, 3.05) is 5.32 Å². The van der Waals surface area contributed by atoms with Crippen molar-refractivity contribution in [3.63, 3.8) is 0 Å². The number of aryl methyl sites for hydroxylation is 1. The van der Waals surface area contributed by atoms with E-state index in [1.54, 1.807) is 29.8 Å². The molecule has 28 heavy (non-hydrogen) atoms. The Labute approximate surface area is 161 Å². The van der Waals surface area contributed by atoms with Crippen LogP contribution in [0, 0.1) is 5.82 Å². The van der Waals surface area contributed by atoms with Crippen LogP contribution in [0.3, 0.4) is 0 Å². The lowest BCUT2D eigenvalue weighted by Gasteiger charge is -2.23. The minimum Gasteiger partial charge on any atom is -0.353 e. The van der Waals surface area contributed by atoms with Gasteiger partial charge >= 0.3 is 5.69 Å². The summed E-state index contributed by atoms with van der Waals surface area (Å²) in [6, 6.07) is 6.74. The summed E-state index contributed by atoms with van der Waals surface area (Å²) >= 11 is 0. The van der Waals surface area contributed by atoms with Crippen LogP contribution in [-0.2, 0) is 20.6 Å². The summed E-state index contributed by atoms with van der Waals surface area (Å²) in [4.78, 5) is 29.8. The van der Waals surface area contributed by atoms with E-state index in [-0.39, 0.29) is 18.4 Å². The Kier molecular flexibility index (Phi) is 4.78.